The van der Waals surface area contributed by atoms with Crippen LogP contribution in [0.4, 0.5) is 0 Å². The average Bonchev–Trinajstić information content (AvgIpc) is 1.52. The van der Waals surface area contributed by atoms with Gasteiger partial charge >= 0.3 is 0 Å². The molecular weight excluding hydrogens is 1770 g/mol. The summed E-state index contributed by atoms with van der Waals surface area (Å²) in [4.78, 5) is 0. The lowest BCUT2D eigenvalue weighted by molar-refractivity contribution is 0.590. The maximum absolute atomic E-state index is 2.64. The Morgan fingerprint density at radius 1 is 0.116 bits per heavy atom. The van der Waals surface area contributed by atoms with Crippen molar-refractivity contribution in [2.45, 2.75) is 215 Å². The van der Waals surface area contributed by atoms with Crippen LogP contribution in [0.2, 0.25) is 0 Å². The van der Waals surface area contributed by atoms with Crippen LogP contribution in [0.5, 0.6) is 0 Å². The minimum absolute atomic E-state index is 0.0573. The molecule has 0 fully saturated rings. The van der Waals surface area contributed by atoms with Crippen LogP contribution in [0, 0.1) is 0 Å². The third kappa shape index (κ3) is 20.6. The van der Waals surface area contributed by atoms with Crippen LogP contribution >= 0.6 is 0 Å². The molecule has 0 bridgehead atoms. The Kier molecular flexibility index (Phi) is 25.9. The van der Waals surface area contributed by atoms with Crippen molar-refractivity contribution in [1.82, 2.24) is 0 Å². The highest BCUT2D eigenvalue weighted by Gasteiger charge is 2.49. The summed E-state index contributed by atoms with van der Waals surface area (Å²) in [6.45, 7) is 55.6. The van der Waals surface area contributed by atoms with E-state index in [0.29, 0.717) is 0 Å². The average molecular weight is 1910 g/mol. The number of hydrogen-bond acceptors (Lipinski definition) is 0. The van der Waals surface area contributed by atoms with Crippen molar-refractivity contribution in [2.75, 3.05) is 0 Å². The van der Waals surface area contributed by atoms with Crippen molar-refractivity contribution < 1.29 is 0 Å². The second kappa shape index (κ2) is 38.2. The quantitative estimate of drug-likeness (QED) is 0.0852. The van der Waals surface area contributed by atoms with E-state index in [1.807, 2.05) is 0 Å². The molecule has 19 aromatic rings. The van der Waals surface area contributed by atoms with Crippen LogP contribution in [0.25, 0.3) is 178 Å². The van der Waals surface area contributed by atoms with Gasteiger partial charge in [-0.1, -0.05) is 469 Å². The van der Waals surface area contributed by atoms with Gasteiger partial charge in [0.2, 0.25) is 0 Å². The summed E-state index contributed by atoms with van der Waals surface area (Å²) in [6.07, 6.45) is 0. The third-order valence-electron chi connectivity index (χ3n) is 31.0. The Hall–Kier alpha value is -14.8. The van der Waals surface area contributed by atoms with Gasteiger partial charge in [-0.15, -0.1) is 0 Å². The van der Waals surface area contributed by atoms with Crippen molar-refractivity contribution in [3.8, 4) is 178 Å². The smallest absolute Gasteiger partial charge is 0.0622 e. The van der Waals surface area contributed by atoms with E-state index < -0.39 is 5.41 Å². The molecule has 0 radical (unpaired) electrons. The molecule has 730 valence electrons. The minimum Gasteiger partial charge on any atom is -0.0622 e. The van der Waals surface area contributed by atoms with Crippen molar-refractivity contribution >= 4 is 0 Å². The molecule has 0 N–H and O–H groups in total. The third-order valence-corrected chi connectivity index (χ3v) is 31.0. The Bertz CT molecular complexity index is 7060. The van der Waals surface area contributed by atoms with Crippen LogP contribution in [0.1, 0.15) is 233 Å². The first-order chi connectivity index (χ1) is 69.8. The van der Waals surface area contributed by atoms with Crippen LogP contribution in [0.15, 0.2) is 425 Å². The first-order valence-electron chi connectivity index (χ1n) is 53.1. The fourth-order valence-corrected chi connectivity index (χ4v) is 21.9. The van der Waals surface area contributed by atoms with Gasteiger partial charge in [-0.3, -0.25) is 0 Å². The van der Waals surface area contributed by atoms with Gasteiger partial charge in [-0.25, -0.2) is 0 Å². The van der Waals surface area contributed by atoms with E-state index in [-0.39, 0.29) is 43.3 Å². The fourth-order valence-electron chi connectivity index (χ4n) is 21.9. The minimum atomic E-state index is -1.17. The molecular formula is C147H142. The Labute approximate surface area is 877 Å². The highest BCUT2D eigenvalue weighted by Crippen LogP contribution is 2.62. The first-order valence-corrected chi connectivity index (χ1v) is 53.1. The van der Waals surface area contributed by atoms with E-state index in [4.69, 9.17) is 0 Å². The van der Waals surface area contributed by atoms with Gasteiger partial charge in [0, 0.05) is 0 Å². The summed E-state index contributed by atoms with van der Waals surface area (Å²) >= 11 is 0. The highest BCUT2D eigenvalue weighted by molar-refractivity contribution is 6.00. The van der Waals surface area contributed by atoms with Crippen molar-refractivity contribution in [3.05, 3.63) is 491 Å². The summed E-state index contributed by atoms with van der Waals surface area (Å²) in [5.74, 6) is 0. The Balaban J connectivity index is 0.981. The van der Waals surface area contributed by atoms with Gasteiger partial charge in [-0.05, 0) is 409 Å². The molecule has 20 rings (SSSR count). The fraction of sp³-hybridized carbons (Fsp3) is 0.224. The monoisotopic (exact) mass is 1910 g/mol. The molecule has 1 aliphatic carbocycles. The van der Waals surface area contributed by atoms with Gasteiger partial charge < -0.3 is 0 Å². The predicted octanol–water partition coefficient (Wildman–Crippen LogP) is 41.4. The van der Waals surface area contributed by atoms with Gasteiger partial charge in [0.1, 0.15) is 0 Å². The van der Waals surface area contributed by atoms with E-state index in [1.54, 1.807) is 0 Å². The molecule has 0 saturated heterocycles. The lowest BCUT2D eigenvalue weighted by Gasteiger charge is -2.36. The molecule has 0 spiro atoms. The summed E-state index contributed by atoms with van der Waals surface area (Å²) in [6, 6.07) is 167. The van der Waals surface area contributed by atoms with Crippen molar-refractivity contribution in [1.29, 1.82) is 0 Å². The standard InChI is InChI=1S/C147H142/c1-139(2,3)124-58-41-97(42-59-124)108-76-109(98-43-60-125(61-44-98)140(4,5)6)81-116(80-108)120-88-121(117-82-110(99-45-62-126(63-46-99)141(7,8)9)77-111(83-117)100-47-64-127(65-48-100)142(10,11)12)91-132(90-120)147(136-40-32-39-134(107-38-31-37-105(75-107)95-33-27-25-28-34-95)138(136)135-74-57-106(94-137(135)147)96-35-29-26-30-36-96)133-92-122(118-84-112(101-49-66-128(67-50-101)143(13,14)15)78-113(85-118)102-51-68-129(69-52-102)144(16,17)18)89-123(93-133)119-86-114(103-53-70-130(71-54-103)145(19,20)21)79-115(87-119)104-55-72-131(73-56-104)146(22,23)24/h25-94H,1-24H3. The first kappa shape index (κ1) is 99.5. The second-order valence-corrected chi connectivity index (χ2v) is 50.0. The Morgan fingerprint density at radius 2 is 0.286 bits per heavy atom. The number of rotatable bonds is 17. The normalized spacial score (nSPS) is 13.0. The molecule has 0 nitrogen and oxygen atoms in total. The zero-order valence-electron chi connectivity index (χ0n) is 90.9. The van der Waals surface area contributed by atoms with Crippen molar-refractivity contribution in [3.63, 3.8) is 0 Å². The summed E-state index contributed by atoms with van der Waals surface area (Å²) < 4.78 is 0. The molecule has 0 heteroatoms. The van der Waals surface area contributed by atoms with Crippen LogP contribution in [-0.4, -0.2) is 0 Å². The van der Waals surface area contributed by atoms with E-state index in [2.05, 4.69) is 591 Å². The SMILES string of the molecule is CC(C)(C)c1ccc(-c2cc(-c3ccc(C(C)(C)C)cc3)cc(-c3cc(-c4cc(-c5ccc(C(C)(C)C)cc5)cc(-c5ccc(C(C)(C)C)cc5)c4)cc(C4(c5cc(-c6cc(-c7ccc(C(C)(C)C)cc7)cc(-c7ccc(C(C)(C)C)cc7)c6)cc(-c6cc(-c7ccc(C(C)(C)C)cc7)cc(-c7ccc(C(C)(C)C)cc7)c6)c5)c5cc(-c6ccccc6)ccc5-c5c(-c6cccc(-c7ccccc7)c6)cccc54)c3)c2)cc1. The zero-order valence-corrected chi connectivity index (χ0v) is 90.9. The lowest BCUT2D eigenvalue weighted by Crippen LogP contribution is -2.29. The van der Waals surface area contributed by atoms with E-state index >= 15 is 0 Å². The molecule has 147 heavy (non-hydrogen) atoms. The molecule has 0 saturated carbocycles. The van der Waals surface area contributed by atoms with Crippen LogP contribution < -0.4 is 0 Å². The second-order valence-electron chi connectivity index (χ2n) is 50.0. The molecule has 0 heterocycles. The van der Waals surface area contributed by atoms with E-state index in [9.17, 15) is 0 Å². The van der Waals surface area contributed by atoms with Gasteiger partial charge in [0.05, 0.1) is 5.41 Å². The van der Waals surface area contributed by atoms with Crippen molar-refractivity contribution in [2.24, 2.45) is 0 Å². The lowest BCUT2D eigenvalue weighted by atomic mass is 9.65. The van der Waals surface area contributed by atoms with Crippen LogP contribution in [0.3, 0.4) is 0 Å². The summed E-state index contributed by atoms with van der Waals surface area (Å²) in [7, 11) is 0. The Morgan fingerprint density at radius 3 is 0.510 bits per heavy atom. The van der Waals surface area contributed by atoms with E-state index in [0.717, 1.165) is 172 Å². The molecule has 0 aliphatic heterocycles. The summed E-state index contributed by atoms with van der Waals surface area (Å²) in [5.41, 5.74) is 49.8. The molecule has 0 atom stereocenters. The molecule has 0 unspecified atom stereocenters. The van der Waals surface area contributed by atoms with Crippen LogP contribution in [-0.2, 0) is 48.7 Å². The van der Waals surface area contributed by atoms with Gasteiger partial charge in [-0.2, -0.15) is 0 Å². The molecule has 0 aromatic heterocycles. The predicted molar refractivity (Wildman–Crippen MR) is 635 cm³/mol. The molecule has 1 aliphatic rings. The van der Waals surface area contributed by atoms with Gasteiger partial charge in [0.25, 0.3) is 0 Å². The van der Waals surface area contributed by atoms with E-state index in [1.165, 1.54) is 72.3 Å². The maximum atomic E-state index is 2.64. The summed E-state index contributed by atoms with van der Waals surface area (Å²) in [5, 5.41) is 0. The molecule has 0 amide bonds. The van der Waals surface area contributed by atoms with Gasteiger partial charge in [0.15, 0.2) is 0 Å². The number of fused-ring (bicyclic) bond motifs is 3. The molecule has 19 aromatic carbocycles. The largest absolute Gasteiger partial charge is 0.0714 e. The topological polar surface area (TPSA) is 0 Å². The maximum Gasteiger partial charge on any atom is 0.0714 e. The number of benzene rings is 19. The zero-order chi connectivity index (χ0) is 103. The number of hydrogen-bond donors (Lipinski definition) is 0. The highest BCUT2D eigenvalue weighted by atomic mass is 14.5.